The van der Waals surface area contributed by atoms with E-state index in [0.717, 1.165) is 10.0 Å². The molecule has 1 saturated heterocycles. The number of amides is 1. The number of benzene rings is 1. The molecule has 1 N–H and O–H groups in total. The van der Waals surface area contributed by atoms with Crippen LogP contribution in [-0.2, 0) is 20.6 Å². The second-order valence-electron chi connectivity index (χ2n) is 6.28. The number of rotatable bonds is 8. The molecule has 0 aromatic heterocycles. The maximum atomic E-state index is 11.9. The number of ether oxygens (including phenoxy) is 5. The molecule has 1 aliphatic rings. The minimum Gasteiger partial charge on any atom is -0.496 e. The molecule has 0 bridgehead atoms. The molecule has 0 aliphatic carbocycles. The predicted octanol–water partition coefficient (Wildman–Crippen LogP) is 2.55. The third kappa shape index (κ3) is 6.45. The van der Waals surface area contributed by atoms with Gasteiger partial charge < -0.3 is 29.0 Å². The van der Waals surface area contributed by atoms with Crippen molar-refractivity contribution in [1.29, 1.82) is 0 Å². The van der Waals surface area contributed by atoms with Crippen LogP contribution in [0.15, 0.2) is 16.6 Å². The molecule has 1 fully saturated rings. The number of likely N-dealkylation sites (N-methyl/N-ethyl adjacent to an activating group) is 1. The van der Waals surface area contributed by atoms with Crippen LogP contribution in [0.2, 0.25) is 0 Å². The number of methoxy groups -OCH3 is 2. The normalized spacial score (nSPS) is 15.2. The number of hydrogen-bond donors (Lipinski definition) is 1. The van der Waals surface area contributed by atoms with Crippen molar-refractivity contribution in [2.45, 2.75) is 25.7 Å². The summed E-state index contributed by atoms with van der Waals surface area (Å²) < 4.78 is 26.3. The van der Waals surface area contributed by atoms with E-state index < -0.39 is 18.5 Å². The Morgan fingerprint density at radius 1 is 1.21 bits per heavy atom. The van der Waals surface area contributed by atoms with Crippen molar-refractivity contribution in [3.8, 4) is 11.5 Å². The Hall–Kier alpha value is -2.20. The lowest BCUT2D eigenvalue weighted by Gasteiger charge is -2.34. The van der Waals surface area contributed by atoms with E-state index in [1.165, 1.54) is 6.92 Å². The zero-order valence-corrected chi connectivity index (χ0v) is 17.9. The molecular formula is C18H25BrN2O7. The number of nitrogens with zero attached hydrogens (tertiary/aromatic N) is 1. The fourth-order valence-electron chi connectivity index (χ4n) is 2.65. The summed E-state index contributed by atoms with van der Waals surface area (Å²) in [5.41, 5.74) is 0.862. The smallest absolute Gasteiger partial charge is 0.496 e. The van der Waals surface area contributed by atoms with Gasteiger partial charge in [0.15, 0.2) is 0 Å². The van der Waals surface area contributed by atoms with Gasteiger partial charge >= 0.3 is 12.2 Å². The lowest BCUT2D eigenvalue weighted by atomic mass is 10.1. The summed E-state index contributed by atoms with van der Waals surface area (Å²) in [4.78, 5) is 25.5. The van der Waals surface area contributed by atoms with Crippen molar-refractivity contribution < 1.29 is 33.3 Å². The Balaban J connectivity index is 1.72. The van der Waals surface area contributed by atoms with Gasteiger partial charge in [0.1, 0.15) is 17.6 Å². The molecule has 1 atom stereocenters. The molecule has 1 unspecified atom stereocenters. The van der Waals surface area contributed by atoms with Crippen LogP contribution in [0.4, 0.5) is 9.59 Å². The quantitative estimate of drug-likeness (QED) is 0.466. The number of likely N-dealkylation sites (tertiary alicyclic amines) is 1. The van der Waals surface area contributed by atoms with E-state index in [0.29, 0.717) is 37.6 Å². The van der Waals surface area contributed by atoms with Gasteiger partial charge in [-0.25, -0.2) is 9.59 Å². The first kappa shape index (κ1) is 22.1. The molecule has 156 valence electrons. The van der Waals surface area contributed by atoms with Crippen LogP contribution in [0.3, 0.4) is 0 Å². The first-order valence-electron chi connectivity index (χ1n) is 8.73. The topological polar surface area (TPSA) is 95.6 Å². The molecule has 0 saturated carbocycles. The zero-order chi connectivity index (χ0) is 20.7. The minimum atomic E-state index is -1.06. The van der Waals surface area contributed by atoms with E-state index in [1.807, 2.05) is 18.0 Å². The molecule has 1 aliphatic heterocycles. The fourth-order valence-corrected chi connectivity index (χ4v) is 3.13. The highest BCUT2D eigenvalue weighted by atomic mass is 79.9. The molecule has 1 amide bonds. The fraction of sp³-hybridized carbons (Fsp3) is 0.556. The summed E-state index contributed by atoms with van der Waals surface area (Å²) in [5, 5.41) is 2.60. The SMILES string of the molecule is COc1cc(CCNC(=O)OC(C)OC(=O)OC2CN(C)C2)c(OC)cc1Br. The lowest BCUT2D eigenvalue weighted by Crippen LogP contribution is -2.50. The first-order valence-corrected chi connectivity index (χ1v) is 9.52. The molecule has 1 aromatic rings. The van der Waals surface area contributed by atoms with Crippen molar-refractivity contribution in [1.82, 2.24) is 10.2 Å². The van der Waals surface area contributed by atoms with E-state index in [2.05, 4.69) is 21.2 Å². The van der Waals surface area contributed by atoms with Crippen molar-refractivity contribution in [3.05, 3.63) is 22.2 Å². The van der Waals surface area contributed by atoms with Gasteiger partial charge in [0.25, 0.3) is 0 Å². The number of carbonyl (C=O) groups excluding carboxylic acids is 2. The van der Waals surface area contributed by atoms with Crippen molar-refractivity contribution in [2.24, 2.45) is 0 Å². The first-order chi connectivity index (χ1) is 13.3. The van der Waals surface area contributed by atoms with E-state index in [9.17, 15) is 9.59 Å². The third-order valence-electron chi connectivity index (χ3n) is 4.05. The van der Waals surface area contributed by atoms with Gasteiger partial charge in [-0.1, -0.05) is 0 Å². The van der Waals surface area contributed by atoms with Gasteiger partial charge in [-0.15, -0.1) is 0 Å². The summed E-state index contributed by atoms with van der Waals surface area (Å²) in [7, 11) is 5.06. The number of halogens is 1. The van der Waals surface area contributed by atoms with E-state index in [-0.39, 0.29) is 6.10 Å². The molecule has 2 rings (SSSR count). The van der Waals surface area contributed by atoms with Crippen molar-refractivity contribution >= 4 is 28.2 Å². The maximum absolute atomic E-state index is 11.9. The highest BCUT2D eigenvalue weighted by Gasteiger charge is 2.28. The van der Waals surface area contributed by atoms with Gasteiger partial charge in [-0.2, -0.15) is 0 Å². The number of alkyl carbamates (subject to hydrolysis) is 1. The monoisotopic (exact) mass is 460 g/mol. The summed E-state index contributed by atoms with van der Waals surface area (Å²) >= 11 is 3.40. The Kier molecular flexibility index (Phi) is 8.18. The Labute approximate surface area is 172 Å². The van der Waals surface area contributed by atoms with E-state index >= 15 is 0 Å². The molecule has 9 nitrogen and oxygen atoms in total. The predicted molar refractivity (Wildman–Crippen MR) is 104 cm³/mol. The van der Waals surface area contributed by atoms with E-state index in [4.69, 9.17) is 23.7 Å². The molecule has 1 heterocycles. The molecule has 0 spiro atoms. The number of carbonyl (C=O) groups is 2. The van der Waals surface area contributed by atoms with Crippen LogP contribution >= 0.6 is 15.9 Å². The lowest BCUT2D eigenvalue weighted by molar-refractivity contribution is -0.0984. The van der Waals surface area contributed by atoms with Crippen LogP contribution in [0.5, 0.6) is 11.5 Å². The second-order valence-corrected chi connectivity index (χ2v) is 7.13. The molecular weight excluding hydrogens is 436 g/mol. The van der Waals surface area contributed by atoms with Gasteiger partial charge in [0.05, 0.1) is 18.7 Å². The van der Waals surface area contributed by atoms with Crippen LogP contribution in [-0.4, -0.2) is 70.4 Å². The molecule has 1 aromatic carbocycles. The van der Waals surface area contributed by atoms with Gasteiger partial charge in [-0.3, -0.25) is 4.90 Å². The average molecular weight is 461 g/mol. The summed E-state index contributed by atoms with van der Waals surface area (Å²) in [6.07, 6.45) is -2.31. The second kappa shape index (κ2) is 10.4. The van der Waals surface area contributed by atoms with Crippen molar-refractivity contribution in [3.63, 3.8) is 0 Å². The number of hydrogen-bond acceptors (Lipinski definition) is 8. The van der Waals surface area contributed by atoms with Crippen LogP contribution in [0.25, 0.3) is 0 Å². The highest BCUT2D eigenvalue weighted by molar-refractivity contribution is 9.10. The maximum Gasteiger partial charge on any atom is 0.511 e. The van der Waals surface area contributed by atoms with Crippen LogP contribution in [0.1, 0.15) is 12.5 Å². The zero-order valence-electron chi connectivity index (χ0n) is 16.3. The van der Waals surface area contributed by atoms with Crippen LogP contribution < -0.4 is 14.8 Å². The largest absolute Gasteiger partial charge is 0.511 e. The molecule has 10 heteroatoms. The Morgan fingerprint density at radius 2 is 1.89 bits per heavy atom. The number of nitrogens with one attached hydrogen (secondary N) is 1. The summed E-state index contributed by atoms with van der Waals surface area (Å²) in [5.74, 6) is 1.33. The van der Waals surface area contributed by atoms with Gasteiger partial charge in [-0.05, 0) is 47.1 Å². The Bertz CT molecular complexity index is 695. The molecule has 0 radical (unpaired) electrons. The van der Waals surface area contributed by atoms with Crippen molar-refractivity contribution in [2.75, 3.05) is 40.9 Å². The highest BCUT2D eigenvalue weighted by Crippen LogP contribution is 2.32. The van der Waals surface area contributed by atoms with Crippen LogP contribution in [0, 0.1) is 0 Å². The van der Waals surface area contributed by atoms with Gasteiger partial charge in [0, 0.05) is 26.6 Å². The summed E-state index contributed by atoms with van der Waals surface area (Å²) in [6.45, 7) is 3.06. The third-order valence-corrected chi connectivity index (χ3v) is 4.67. The minimum absolute atomic E-state index is 0.184. The van der Waals surface area contributed by atoms with E-state index in [1.54, 1.807) is 20.3 Å². The summed E-state index contributed by atoms with van der Waals surface area (Å²) in [6, 6.07) is 3.63. The standard InChI is InChI=1S/C18H25BrN2O7/c1-11(27-18(23)28-13-9-21(2)10-13)26-17(22)20-6-5-12-7-16(25-4)14(19)8-15(12)24-3/h7-8,11,13H,5-6,9-10H2,1-4H3,(H,20,22). The van der Waals surface area contributed by atoms with Gasteiger partial charge in [0.2, 0.25) is 6.29 Å². The average Bonchev–Trinajstić information content (AvgIpc) is 2.60. The Morgan fingerprint density at radius 3 is 2.50 bits per heavy atom. The molecule has 28 heavy (non-hydrogen) atoms.